The number of aryl methyl sites for hydroxylation is 1. The molecule has 3 heterocycles. The number of H-pyrrole nitrogens is 1. The zero-order valence-electron chi connectivity index (χ0n) is 19.9. The number of para-hydroxylation sites is 1. The largest absolute Gasteiger partial charge is 0.467 e. The van der Waals surface area contributed by atoms with Gasteiger partial charge in [0.05, 0.1) is 17.8 Å². The van der Waals surface area contributed by atoms with Crippen LogP contribution in [0, 0.1) is 6.92 Å². The number of pyridine rings is 1. The summed E-state index contributed by atoms with van der Waals surface area (Å²) < 4.78 is 7.39. The Morgan fingerprint density at radius 2 is 2.09 bits per heavy atom. The third kappa shape index (κ3) is 4.55. The van der Waals surface area contributed by atoms with Gasteiger partial charge in [-0.3, -0.25) is 9.69 Å². The van der Waals surface area contributed by atoms with Gasteiger partial charge in [0.2, 0.25) is 0 Å². The standard InChI is InChI=1S/C26H32N6O2/c1-3-8-23(25-28-29-30-32(25)17-22-13-7-14-34-22)31(21-11-4-5-12-21)16-20-15-19-10-6-9-18(2)24(19)27-26(20)33/h6-7,9-10,13-15,21,23H,3-5,8,11-12,16-17H2,1-2H3,(H,27,33). The van der Waals surface area contributed by atoms with Gasteiger partial charge in [0, 0.05) is 18.2 Å². The minimum Gasteiger partial charge on any atom is -0.467 e. The molecular weight excluding hydrogens is 428 g/mol. The minimum atomic E-state index is -0.0183. The quantitative estimate of drug-likeness (QED) is 0.387. The molecule has 8 nitrogen and oxygen atoms in total. The van der Waals surface area contributed by atoms with Crippen LogP contribution in [0.3, 0.4) is 0 Å². The lowest BCUT2D eigenvalue weighted by Crippen LogP contribution is -2.39. The lowest BCUT2D eigenvalue weighted by Gasteiger charge is -2.35. The maximum absolute atomic E-state index is 13.1. The zero-order chi connectivity index (χ0) is 23.5. The van der Waals surface area contributed by atoms with E-state index in [0.29, 0.717) is 19.1 Å². The highest BCUT2D eigenvalue weighted by Crippen LogP contribution is 2.34. The van der Waals surface area contributed by atoms with Crippen molar-refractivity contribution in [1.82, 2.24) is 30.1 Å². The predicted molar refractivity (Wildman–Crippen MR) is 130 cm³/mol. The van der Waals surface area contributed by atoms with E-state index in [2.05, 4.69) is 44.5 Å². The van der Waals surface area contributed by atoms with Gasteiger partial charge in [-0.2, -0.15) is 0 Å². The van der Waals surface area contributed by atoms with Gasteiger partial charge in [0.15, 0.2) is 5.82 Å². The SMILES string of the molecule is CCCC(c1nnnn1Cc1ccco1)N(Cc1cc2cccc(C)c2[nH]c1=O)C1CCCC1. The fourth-order valence-electron chi connectivity index (χ4n) is 5.30. The summed E-state index contributed by atoms with van der Waals surface area (Å²) in [6.45, 7) is 5.27. The summed E-state index contributed by atoms with van der Waals surface area (Å²) in [6, 6.07) is 12.4. The molecule has 0 amide bonds. The second kappa shape index (κ2) is 9.93. The van der Waals surface area contributed by atoms with Crippen LogP contribution in [0.5, 0.6) is 0 Å². The average molecular weight is 461 g/mol. The molecule has 3 aromatic heterocycles. The normalized spacial score (nSPS) is 15.5. The molecule has 0 bridgehead atoms. The first kappa shape index (κ1) is 22.5. The molecule has 178 valence electrons. The monoisotopic (exact) mass is 460 g/mol. The summed E-state index contributed by atoms with van der Waals surface area (Å²) in [5.74, 6) is 1.65. The van der Waals surface area contributed by atoms with Gasteiger partial charge >= 0.3 is 0 Å². The molecule has 1 aliphatic carbocycles. The number of tetrazole rings is 1. The Labute approximate surface area is 199 Å². The van der Waals surface area contributed by atoms with Crippen molar-refractivity contribution in [3.8, 4) is 0 Å². The van der Waals surface area contributed by atoms with Crippen molar-refractivity contribution in [3.63, 3.8) is 0 Å². The van der Waals surface area contributed by atoms with Crippen LogP contribution in [-0.4, -0.2) is 36.1 Å². The van der Waals surface area contributed by atoms with Gasteiger partial charge in [0.1, 0.15) is 12.3 Å². The number of nitrogens with one attached hydrogen (secondary N) is 1. The molecule has 1 aromatic carbocycles. The number of rotatable bonds is 9. The fourth-order valence-corrected chi connectivity index (χ4v) is 5.30. The van der Waals surface area contributed by atoms with Crippen molar-refractivity contribution < 1.29 is 4.42 Å². The van der Waals surface area contributed by atoms with Gasteiger partial charge in [-0.25, -0.2) is 4.68 Å². The number of aromatic nitrogens is 5. The minimum absolute atomic E-state index is 0.0183. The van der Waals surface area contributed by atoms with Gasteiger partial charge in [-0.15, -0.1) is 5.10 Å². The van der Waals surface area contributed by atoms with E-state index in [0.717, 1.165) is 59.3 Å². The van der Waals surface area contributed by atoms with Crippen LogP contribution in [0.1, 0.15) is 74.2 Å². The van der Waals surface area contributed by atoms with Crippen LogP contribution in [0.4, 0.5) is 0 Å². The van der Waals surface area contributed by atoms with Gasteiger partial charge < -0.3 is 9.40 Å². The third-order valence-electron chi connectivity index (χ3n) is 7.02. The van der Waals surface area contributed by atoms with Crippen molar-refractivity contribution >= 4 is 10.9 Å². The second-order valence-corrected chi connectivity index (χ2v) is 9.35. The van der Waals surface area contributed by atoms with E-state index in [-0.39, 0.29) is 11.6 Å². The second-order valence-electron chi connectivity index (χ2n) is 9.35. The molecule has 5 rings (SSSR count). The van der Waals surface area contributed by atoms with Crippen LogP contribution in [-0.2, 0) is 13.1 Å². The first-order valence-electron chi connectivity index (χ1n) is 12.3. The van der Waals surface area contributed by atoms with Crippen LogP contribution in [0.2, 0.25) is 0 Å². The summed E-state index contributed by atoms with van der Waals surface area (Å²) in [5.41, 5.74) is 2.76. The Balaban J connectivity index is 1.52. The molecule has 1 N–H and O–H groups in total. The Morgan fingerprint density at radius 1 is 1.24 bits per heavy atom. The number of benzene rings is 1. The summed E-state index contributed by atoms with van der Waals surface area (Å²) in [7, 11) is 0. The molecule has 1 unspecified atom stereocenters. The third-order valence-corrected chi connectivity index (χ3v) is 7.02. The summed E-state index contributed by atoms with van der Waals surface area (Å²) in [4.78, 5) is 18.7. The van der Waals surface area contributed by atoms with Crippen molar-refractivity contribution in [1.29, 1.82) is 0 Å². The summed E-state index contributed by atoms with van der Waals surface area (Å²) in [6.07, 6.45) is 8.26. The van der Waals surface area contributed by atoms with Crippen LogP contribution < -0.4 is 5.56 Å². The van der Waals surface area contributed by atoms with Crippen molar-refractivity contribution in [2.45, 2.75) is 77.5 Å². The predicted octanol–water partition coefficient (Wildman–Crippen LogP) is 4.75. The van der Waals surface area contributed by atoms with Gasteiger partial charge in [0.25, 0.3) is 5.56 Å². The van der Waals surface area contributed by atoms with E-state index >= 15 is 0 Å². The topological polar surface area (TPSA) is 92.8 Å². The molecule has 1 fully saturated rings. The Hall–Kier alpha value is -3.26. The lowest BCUT2D eigenvalue weighted by atomic mass is 10.0. The number of fused-ring (bicyclic) bond motifs is 1. The molecule has 1 saturated carbocycles. The highest BCUT2D eigenvalue weighted by Gasteiger charge is 2.33. The van der Waals surface area contributed by atoms with E-state index in [9.17, 15) is 4.79 Å². The first-order valence-corrected chi connectivity index (χ1v) is 12.3. The molecule has 0 aliphatic heterocycles. The van der Waals surface area contributed by atoms with Crippen LogP contribution in [0.25, 0.3) is 10.9 Å². The lowest BCUT2D eigenvalue weighted by molar-refractivity contribution is 0.108. The molecule has 0 saturated heterocycles. The van der Waals surface area contributed by atoms with Crippen LogP contribution >= 0.6 is 0 Å². The molecule has 8 heteroatoms. The van der Waals surface area contributed by atoms with E-state index in [1.165, 1.54) is 12.8 Å². The van der Waals surface area contributed by atoms with Crippen LogP contribution in [0.15, 0.2) is 51.9 Å². The van der Waals surface area contributed by atoms with Gasteiger partial charge in [-0.1, -0.05) is 44.4 Å². The number of aromatic amines is 1. The summed E-state index contributed by atoms with van der Waals surface area (Å²) >= 11 is 0. The average Bonchev–Trinajstić information content (AvgIpc) is 3.61. The fraction of sp³-hybridized carbons (Fsp3) is 0.462. The number of nitrogens with zero attached hydrogens (tertiary/aromatic N) is 5. The maximum Gasteiger partial charge on any atom is 0.252 e. The van der Waals surface area contributed by atoms with Crippen molar-refractivity contribution in [2.75, 3.05) is 0 Å². The first-order chi connectivity index (χ1) is 16.6. The molecule has 0 spiro atoms. The van der Waals surface area contributed by atoms with E-state index in [1.807, 2.05) is 35.9 Å². The molecule has 0 radical (unpaired) electrons. The number of hydrogen-bond acceptors (Lipinski definition) is 6. The highest BCUT2D eigenvalue weighted by molar-refractivity contribution is 5.81. The smallest absolute Gasteiger partial charge is 0.252 e. The van der Waals surface area contributed by atoms with E-state index < -0.39 is 0 Å². The molecular formula is C26H32N6O2. The zero-order valence-corrected chi connectivity index (χ0v) is 19.9. The Bertz CT molecular complexity index is 1290. The number of furan rings is 1. The van der Waals surface area contributed by atoms with Crippen molar-refractivity contribution in [3.05, 3.63) is 75.7 Å². The maximum atomic E-state index is 13.1. The highest BCUT2D eigenvalue weighted by atomic mass is 16.3. The molecule has 4 aromatic rings. The molecule has 1 aliphatic rings. The van der Waals surface area contributed by atoms with Crippen molar-refractivity contribution in [2.24, 2.45) is 0 Å². The van der Waals surface area contributed by atoms with Gasteiger partial charge in [-0.05, 0) is 65.8 Å². The molecule has 34 heavy (non-hydrogen) atoms. The van der Waals surface area contributed by atoms with E-state index in [1.54, 1.807) is 6.26 Å². The number of hydrogen-bond donors (Lipinski definition) is 1. The Kier molecular flexibility index (Phi) is 6.58. The molecule has 1 atom stereocenters. The Morgan fingerprint density at radius 3 is 2.85 bits per heavy atom. The summed E-state index contributed by atoms with van der Waals surface area (Å²) in [5, 5.41) is 13.8. The van der Waals surface area contributed by atoms with E-state index in [4.69, 9.17) is 4.42 Å².